The first kappa shape index (κ1) is 15.4. The quantitative estimate of drug-likeness (QED) is 0.653. The molecule has 0 aliphatic rings. The lowest BCUT2D eigenvalue weighted by atomic mass is 10.2. The van der Waals surface area contributed by atoms with Crippen molar-refractivity contribution >= 4 is 23.0 Å². The molecule has 1 heterocycles. The van der Waals surface area contributed by atoms with Gasteiger partial charge in [-0.3, -0.25) is 0 Å². The Hall–Kier alpha value is -2.01. The van der Waals surface area contributed by atoms with Crippen molar-refractivity contribution in [3.05, 3.63) is 45.6 Å². The Labute approximate surface area is 128 Å². The van der Waals surface area contributed by atoms with E-state index >= 15 is 0 Å². The molecule has 0 aliphatic carbocycles. The van der Waals surface area contributed by atoms with Crippen LogP contribution >= 0.6 is 11.3 Å². The van der Waals surface area contributed by atoms with Crippen molar-refractivity contribution in [3.8, 4) is 5.75 Å². The van der Waals surface area contributed by atoms with Crippen molar-refractivity contribution in [1.29, 1.82) is 0 Å². The van der Waals surface area contributed by atoms with Crippen molar-refractivity contribution in [2.75, 3.05) is 12.3 Å². The van der Waals surface area contributed by atoms with Gasteiger partial charge in [0.15, 0.2) is 0 Å². The molecule has 0 radical (unpaired) electrons. The monoisotopic (exact) mass is 305 g/mol. The van der Waals surface area contributed by atoms with Gasteiger partial charge in [-0.2, -0.15) is 0 Å². The zero-order valence-corrected chi connectivity index (χ0v) is 13.0. The second kappa shape index (κ2) is 7.13. The second-order valence-electron chi connectivity index (χ2n) is 4.49. The Morgan fingerprint density at radius 2 is 1.95 bits per heavy atom. The topological polar surface area (TPSA) is 61.5 Å². The van der Waals surface area contributed by atoms with Gasteiger partial charge in [0.1, 0.15) is 17.9 Å². The van der Waals surface area contributed by atoms with Gasteiger partial charge in [0.25, 0.3) is 0 Å². The smallest absolute Gasteiger partial charge is 0.341 e. The number of esters is 1. The Bertz CT molecular complexity index is 622. The van der Waals surface area contributed by atoms with E-state index < -0.39 is 5.97 Å². The molecule has 21 heavy (non-hydrogen) atoms. The molecule has 1 aromatic carbocycles. The van der Waals surface area contributed by atoms with Crippen LogP contribution in [0.1, 0.15) is 34.0 Å². The van der Waals surface area contributed by atoms with Gasteiger partial charge in [0.2, 0.25) is 0 Å². The molecule has 0 saturated heterocycles. The highest BCUT2D eigenvalue weighted by molar-refractivity contribution is 7.11. The van der Waals surface area contributed by atoms with Crippen molar-refractivity contribution < 1.29 is 14.3 Å². The highest BCUT2D eigenvalue weighted by atomic mass is 32.1. The summed E-state index contributed by atoms with van der Waals surface area (Å²) in [6, 6.07) is 9.14. The van der Waals surface area contributed by atoms with Crippen LogP contribution < -0.4 is 10.5 Å². The van der Waals surface area contributed by atoms with Crippen molar-refractivity contribution in [2.45, 2.75) is 26.9 Å². The number of nitrogens with two attached hydrogens (primary N) is 1. The van der Waals surface area contributed by atoms with Gasteiger partial charge in [-0.05, 0) is 43.7 Å². The van der Waals surface area contributed by atoms with Gasteiger partial charge in [-0.1, -0.05) is 6.92 Å². The largest absolute Gasteiger partial charge is 0.487 e. The Morgan fingerprint density at radius 3 is 2.62 bits per heavy atom. The predicted molar refractivity (Wildman–Crippen MR) is 84.8 cm³/mol. The molecule has 4 nitrogen and oxygen atoms in total. The summed E-state index contributed by atoms with van der Waals surface area (Å²) in [5.41, 5.74) is 6.60. The molecule has 0 aliphatic heterocycles. The van der Waals surface area contributed by atoms with Crippen LogP contribution in [-0.2, 0) is 17.8 Å². The first-order valence-electron chi connectivity index (χ1n) is 6.91. The second-order valence-corrected chi connectivity index (χ2v) is 5.74. The Morgan fingerprint density at radius 1 is 1.19 bits per heavy atom. The lowest BCUT2D eigenvalue weighted by Crippen LogP contribution is -2.08. The van der Waals surface area contributed by atoms with E-state index in [1.165, 1.54) is 4.88 Å². The molecule has 2 N–H and O–H groups in total. The van der Waals surface area contributed by atoms with E-state index in [4.69, 9.17) is 15.2 Å². The van der Waals surface area contributed by atoms with Gasteiger partial charge in [0, 0.05) is 15.4 Å². The van der Waals surface area contributed by atoms with Crippen LogP contribution in [0.5, 0.6) is 5.75 Å². The van der Waals surface area contributed by atoms with Crippen LogP contribution in [0.3, 0.4) is 0 Å². The number of hydrogen-bond donors (Lipinski definition) is 1. The minimum Gasteiger partial charge on any atom is -0.487 e. The number of rotatable bonds is 6. The van der Waals surface area contributed by atoms with E-state index in [0.29, 0.717) is 30.2 Å². The number of carbonyl (C=O) groups excluding carboxylic acids is 1. The fourth-order valence-electron chi connectivity index (χ4n) is 1.88. The molecule has 0 spiro atoms. The van der Waals surface area contributed by atoms with Crippen LogP contribution in [0, 0.1) is 0 Å². The maximum absolute atomic E-state index is 11.9. The van der Waals surface area contributed by atoms with Crippen molar-refractivity contribution in [3.63, 3.8) is 0 Å². The standard InChI is InChI=1S/C16H19NO3S/c1-3-12-6-7-13(21-12)10-20-15-8-5-11(17)9-14(15)16(18)19-4-2/h5-9H,3-4,10,17H2,1-2H3. The summed E-state index contributed by atoms with van der Waals surface area (Å²) in [4.78, 5) is 14.4. The normalized spacial score (nSPS) is 10.4. The van der Waals surface area contributed by atoms with Gasteiger partial charge in [-0.25, -0.2) is 4.79 Å². The third-order valence-corrected chi connectivity index (χ3v) is 4.14. The third kappa shape index (κ3) is 3.98. The zero-order valence-electron chi connectivity index (χ0n) is 12.2. The van der Waals surface area contributed by atoms with Crippen molar-refractivity contribution in [2.24, 2.45) is 0 Å². The number of aryl methyl sites for hydroxylation is 1. The van der Waals surface area contributed by atoms with Crippen LogP contribution in [-0.4, -0.2) is 12.6 Å². The van der Waals surface area contributed by atoms with Gasteiger partial charge < -0.3 is 15.2 Å². The number of carbonyl (C=O) groups is 1. The molecule has 0 unspecified atom stereocenters. The summed E-state index contributed by atoms with van der Waals surface area (Å²) in [5.74, 6) is 0.0781. The van der Waals surface area contributed by atoms with E-state index in [0.717, 1.165) is 11.3 Å². The number of benzene rings is 1. The van der Waals surface area contributed by atoms with Crippen molar-refractivity contribution in [1.82, 2.24) is 0 Å². The minimum absolute atomic E-state index is 0.317. The average Bonchev–Trinajstić information content (AvgIpc) is 2.94. The summed E-state index contributed by atoms with van der Waals surface area (Å²) in [7, 11) is 0. The van der Waals surface area contributed by atoms with Crippen LogP contribution in [0.2, 0.25) is 0 Å². The minimum atomic E-state index is -0.416. The summed E-state index contributed by atoms with van der Waals surface area (Å²) >= 11 is 1.71. The highest BCUT2D eigenvalue weighted by Crippen LogP contribution is 2.25. The molecule has 0 atom stereocenters. The molecule has 5 heteroatoms. The van der Waals surface area contributed by atoms with E-state index in [1.54, 1.807) is 36.5 Å². The number of ether oxygens (including phenoxy) is 2. The lowest BCUT2D eigenvalue weighted by Gasteiger charge is -2.11. The fourth-order valence-corrected chi connectivity index (χ4v) is 2.75. The highest BCUT2D eigenvalue weighted by Gasteiger charge is 2.14. The summed E-state index contributed by atoms with van der Waals surface area (Å²) in [5, 5.41) is 0. The molecule has 2 aromatic rings. The van der Waals surface area contributed by atoms with Crippen LogP contribution in [0.15, 0.2) is 30.3 Å². The molecule has 0 saturated carbocycles. The molecule has 112 valence electrons. The summed E-state index contributed by atoms with van der Waals surface area (Å²) in [6.45, 7) is 4.64. The molecule has 1 aromatic heterocycles. The number of thiophene rings is 1. The van der Waals surface area contributed by atoms with E-state index in [2.05, 4.69) is 13.0 Å². The number of nitrogen functional groups attached to an aromatic ring is 1. The molecule has 0 amide bonds. The van der Waals surface area contributed by atoms with E-state index in [9.17, 15) is 4.79 Å². The predicted octanol–water partition coefficient (Wildman–Crippen LogP) is 3.65. The molecular formula is C16H19NO3S. The van der Waals surface area contributed by atoms with Gasteiger partial charge >= 0.3 is 5.97 Å². The fraction of sp³-hybridized carbons (Fsp3) is 0.312. The summed E-state index contributed by atoms with van der Waals surface area (Å²) in [6.07, 6.45) is 1.01. The maximum Gasteiger partial charge on any atom is 0.341 e. The molecule has 2 rings (SSSR count). The van der Waals surface area contributed by atoms with E-state index in [-0.39, 0.29) is 0 Å². The first-order chi connectivity index (χ1) is 10.1. The van der Waals surface area contributed by atoms with E-state index in [1.807, 2.05) is 6.07 Å². The third-order valence-electron chi connectivity index (χ3n) is 2.93. The van der Waals surface area contributed by atoms with Crippen LogP contribution in [0.25, 0.3) is 0 Å². The van der Waals surface area contributed by atoms with Gasteiger partial charge in [0.05, 0.1) is 6.61 Å². The molecule has 0 bridgehead atoms. The van der Waals surface area contributed by atoms with Gasteiger partial charge in [-0.15, -0.1) is 11.3 Å². The maximum atomic E-state index is 11.9. The van der Waals surface area contributed by atoms with Crippen LogP contribution in [0.4, 0.5) is 5.69 Å². The first-order valence-corrected chi connectivity index (χ1v) is 7.72. The Kier molecular flexibility index (Phi) is 5.22. The molecular weight excluding hydrogens is 286 g/mol. The number of anilines is 1. The lowest BCUT2D eigenvalue weighted by molar-refractivity contribution is 0.0521. The Balaban J connectivity index is 2.13. The SMILES string of the molecule is CCOC(=O)c1cc(N)ccc1OCc1ccc(CC)s1. The molecule has 0 fully saturated rings. The average molecular weight is 305 g/mol. The zero-order chi connectivity index (χ0) is 15.2. The number of hydrogen-bond acceptors (Lipinski definition) is 5. The summed E-state index contributed by atoms with van der Waals surface area (Å²) < 4.78 is 10.8.